The van der Waals surface area contributed by atoms with Crippen molar-refractivity contribution in [2.45, 2.75) is 25.9 Å². The number of amides is 1. The van der Waals surface area contributed by atoms with E-state index in [4.69, 9.17) is 4.98 Å². The molecule has 0 bridgehead atoms. The summed E-state index contributed by atoms with van der Waals surface area (Å²) in [5.41, 5.74) is 7.60. The smallest absolute Gasteiger partial charge is 0.253 e. The Kier molecular flexibility index (Phi) is 6.20. The maximum atomic E-state index is 12.9. The molecule has 6 rings (SSSR count). The standard InChI is InChI=1S/C31H35N5O2/c1-21-16-24(8-9-28(21)35-14-12-34(3)13-15-35)25-17-26-27(19-33-29(26)32-18-25)22-4-6-23(7-5-22)30(37)36-11-10-31(2,38)20-36/h4-9,16-19,38H,10-15,20H2,1-3H3,(H,32,33)/t31-/m0/s1. The monoisotopic (exact) mass is 509 g/mol. The zero-order chi connectivity index (χ0) is 26.4. The lowest BCUT2D eigenvalue weighted by atomic mass is 9.99. The van der Waals surface area contributed by atoms with Gasteiger partial charge < -0.3 is 24.8 Å². The molecule has 0 unspecified atom stereocenters. The van der Waals surface area contributed by atoms with Crippen LogP contribution in [0.5, 0.6) is 0 Å². The van der Waals surface area contributed by atoms with Crippen LogP contribution in [0.2, 0.25) is 0 Å². The lowest BCUT2D eigenvalue weighted by molar-refractivity contribution is 0.0572. The van der Waals surface area contributed by atoms with Gasteiger partial charge in [0.15, 0.2) is 0 Å². The Labute approximate surface area is 223 Å². The van der Waals surface area contributed by atoms with E-state index in [2.05, 4.69) is 53.0 Å². The van der Waals surface area contributed by atoms with Gasteiger partial charge in [-0.2, -0.15) is 0 Å². The molecule has 7 heteroatoms. The highest BCUT2D eigenvalue weighted by atomic mass is 16.3. The maximum absolute atomic E-state index is 12.9. The first-order chi connectivity index (χ1) is 18.3. The van der Waals surface area contributed by atoms with Gasteiger partial charge in [-0.25, -0.2) is 4.98 Å². The number of fused-ring (bicyclic) bond motifs is 1. The van der Waals surface area contributed by atoms with Crippen LogP contribution in [-0.4, -0.2) is 82.7 Å². The first-order valence-corrected chi connectivity index (χ1v) is 13.4. The largest absolute Gasteiger partial charge is 0.388 e. The second kappa shape index (κ2) is 9.57. The SMILES string of the molecule is Cc1cc(-c2cnc3[nH]cc(-c4ccc(C(=O)N5CC[C@](C)(O)C5)cc4)c3c2)ccc1N1CCN(C)CC1. The van der Waals surface area contributed by atoms with Crippen LogP contribution >= 0.6 is 0 Å². The summed E-state index contributed by atoms with van der Waals surface area (Å²) in [7, 11) is 2.18. The first kappa shape index (κ1) is 24.6. The molecule has 2 N–H and O–H groups in total. The summed E-state index contributed by atoms with van der Waals surface area (Å²) in [5.74, 6) is -0.0346. The molecule has 1 atom stereocenters. The molecule has 2 aromatic carbocycles. The Bertz CT molecular complexity index is 1480. The number of aromatic nitrogens is 2. The highest BCUT2D eigenvalue weighted by Crippen LogP contribution is 2.33. The van der Waals surface area contributed by atoms with Crippen LogP contribution in [0, 0.1) is 6.92 Å². The third-order valence-electron chi connectivity index (χ3n) is 8.09. The van der Waals surface area contributed by atoms with Gasteiger partial charge in [0.25, 0.3) is 5.91 Å². The molecular formula is C31H35N5O2. The minimum atomic E-state index is -0.798. The maximum Gasteiger partial charge on any atom is 0.253 e. The Morgan fingerprint density at radius 3 is 2.39 bits per heavy atom. The van der Waals surface area contributed by atoms with Crippen molar-refractivity contribution in [3.8, 4) is 22.3 Å². The Balaban J connectivity index is 1.25. The molecule has 38 heavy (non-hydrogen) atoms. The predicted octanol–water partition coefficient (Wildman–Crippen LogP) is 4.55. The summed E-state index contributed by atoms with van der Waals surface area (Å²) >= 11 is 0. The number of aryl methyl sites for hydroxylation is 1. The molecule has 7 nitrogen and oxygen atoms in total. The number of H-pyrrole nitrogens is 1. The van der Waals surface area contributed by atoms with Crippen molar-refractivity contribution >= 4 is 22.6 Å². The van der Waals surface area contributed by atoms with Crippen LogP contribution in [0.25, 0.3) is 33.3 Å². The number of carbonyl (C=O) groups excluding carboxylic acids is 1. The van der Waals surface area contributed by atoms with Gasteiger partial charge in [0.05, 0.1) is 5.60 Å². The molecular weight excluding hydrogens is 474 g/mol. The van der Waals surface area contributed by atoms with Crippen molar-refractivity contribution in [1.29, 1.82) is 0 Å². The van der Waals surface area contributed by atoms with Crippen molar-refractivity contribution in [3.63, 3.8) is 0 Å². The average Bonchev–Trinajstić information content (AvgIpc) is 3.51. The number of piperazine rings is 1. The van der Waals surface area contributed by atoms with Crippen LogP contribution < -0.4 is 4.90 Å². The molecule has 2 saturated heterocycles. The van der Waals surface area contributed by atoms with Crippen LogP contribution in [0.4, 0.5) is 5.69 Å². The van der Waals surface area contributed by atoms with E-state index < -0.39 is 5.60 Å². The fourth-order valence-electron chi connectivity index (χ4n) is 5.73. The molecule has 1 amide bonds. The van der Waals surface area contributed by atoms with E-state index in [0.29, 0.717) is 25.1 Å². The molecule has 0 aliphatic carbocycles. The van der Waals surface area contributed by atoms with E-state index in [-0.39, 0.29) is 5.91 Å². The highest BCUT2D eigenvalue weighted by molar-refractivity contribution is 5.98. The molecule has 196 valence electrons. The molecule has 2 aliphatic heterocycles. The number of likely N-dealkylation sites (tertiary alicyclic amines) is 1. The number of β-amino-alcohol motifs (C(OH)–C–C–N with tert-alkyl or cyclic N) is 1. The summed E-state index contributed by atoms with van der Waals surface area (Å²) in [6, 6.07) is 16.6. The van der Waals surface area contributed by atoms with E-state index in [1.165, 1.54) is 11.3 Å². The number of hydrogen-bond donors (Lipinski definition) is 2. The Morgan fingerprint density at radius 1 is 0.974 bits per heavy atom. The molecule has 0 saturated carbocycles. The number of likely N-dealkylation sites (N-methyl/N-ethyl adjacent to an activating group) is 1. The Morgan fingerprint density at radius 2 is 1.71 bits per heavy atom. The summed E-state index contributed by atoms with van der Waals surface area (Å²) in [6.45, 7) is 9.23. The van der Waals surface area contributed by atoms with Crippen LogP contribution in [0.15, 0.2) is 60.9 Å². The number of aromatic amines is 1. The van der Waals surface area contributed by atoms with Gasteiger partial charge in [0, 0.05) is 79.4 Å². The van der Waals surface area contributed by atoms with Crippen LogP contribution in [0.1, 0.15) is 29.3 Å². The summed E-state index contributed by atoms with van der Waals surface area (Å²) in [6.07, 6.45) is 4.52. The van der Waals surface area contributed by atoms with Crippen molar-refractivity contribution in [2.75, 3.05) is 51.2 Å². The lowest BCUT2D eigenvalue weighted by Crippen LogP contribution is -2.44. The van der Waals surface area contributed by atoms with Gasteiger partial charge in [-0.1, -0.05) is 18.2 Å². The lowest BCUT2D eigenvalue weighted by Gasteiger charge is -2.35. The van der Waals surface area contributed by atoms with Gasteiger partial charge in [-0.3, -0.25) is 4.79 Å². The number of carbonyl (C=O) groups is 1. The first-order valence-electron chi connectivity index (χ1n) is 13.4. The van der Waals surface area contributed by atoms with Crippen molar-refractivity contribution in [2.24, 2.45) is 0 Å². The highest BCUT2D eigenvalue weighted by Gasteiger charge is 2.34. The molecule has 0 radical (unpaired) electrons. The molecule has 4 heterocycles. The third-order valence-corrected chi connectivity index (χ3v) is 8.09. The number of rotatable bonds is 4. The fraction of sp³-hybridized carbons (Fsp3) is 0.355. The third kappa shape index (κ3) is 4.68. The van der Waals surface area contributed by atoms with E-state index in [1.807, 2.05) is 36.7 Å². The summed E-state index contributed by atoms with van der Waals surface area (Å²) < 4.78 is 0. The van der Waals surface area contributed by atoms with E-state index in [0.717, 1.165) is 59.5 Å². The fourth-order valence-corrected chi connectivity index (χ4v) is 5.73. The van der Waals surface area contributed by atoms with Crippen LogP contribution in [0.3, 0.4) is 0 Å². The Hall–Kier alpha value is -3.68. The quantitative estimate of drug-likeness (QED) is 0.422. The molecule has 2 aromatic heterocycles. The normalized spacial score (nSPS) is 20.4. The van der Waals surface area contributed by atoms with Crippen molar-refractivity contribution in [1.82, 2.24) is 19.8 Å². The van der Waals surface area contributed by atoms with E-state index in [9.17, 15) is 9.90 Å². The molecule has 2 aliphatic rings. The topological polar surface area (TPSA) is 75.7 Å². The molecule has 4 aromatic rings. The average molecular weight is 510 g/mol. The number of hydrogen-bond acceptors (Lipinski definition) is 5. The van der Waals surface area contributed by atoms with E-state index >= 15 is 0 Å². The van der Waals surface area contributed by atoms with Gasteiger partial charge in [-0.15, -0.1) is 0 Å². The minimum Gasteiger partial charge on any atom is -0.388 e. The van der Waals surface area contributed by atoms with E-state index in [1.54, 1.807) is 11.8 Å². The number of anilines is 1. The van der Waals surface area contributed by atoms with Gasteiger partial charge >= 0.3 is 0 Å². The number of pyridine rings is 1. The number of aliphatic hydroxyl groups is 1. The zero-order valence-electron chi connectivity index (χ0n) is 22.4. The van der Waals surface area contributed by atoms with Crippen molar-refractivity contribution in [3.05, 3.63) is 72.1 Å². The zero-order valence-corrected chi connectivity index (χ0v) is 22.4. The van der Waals surface area contributed by atoms with Crippen molar-refractivity contribution < 1.29 is 9.90 Å². The minimum absolute atomic E-state index is 0.0346. The second-order valence-electron chi connectivity index (χ2n) is 11.2. The van der Waals surface area contributed by atoms with Gasteiger partial charge in [-0.05, 0) is 74.3 Å². The number of nitrogens with one attached hydrogen (secondary N) is 1. The molecule has 2 fully saturated rings. The summed E-state index contributed by atoms with van der Waals surface area (Å²) in [5, 5.41) is 11.3. The van der Waals surface area contributed by atoms with Gasteiger partial charge in [0.2, 0.25) is 0 Å². The second-order valence-corrected chi connectivity index (χ2v) is 11.2. The number of nitrogens with zero attached hydrogens (tertiary/aromatic N) is 4. The van der Waals surface area contributed by atoms with Gasteiger partial charge in [0.1, 0.15) is 5.65 Å². The number of benzene rings is 2. The molecule has 0 spiro atoms. The van der Waals surface area contributed by atoms with Crippen LogP contribution in [-0.2, 0) is 0 Å². The summed E-state index contributed by atoms with van der Waals surface area (Å²) in [4.78, 5) is 27.5. The predicted molar refractivity (Wildman–Crippen MR) is 153 cm³/mol.